The molecule has 1 heterocycles. The molecule has 0 saturated heterocycles. The summed E-state index contributed by atoms with van der Waals surface area (Å²) in [5, 5.41) is 0. The molecule has 0 aromatic carbocycles. The summed E-state index contributed by atoms with van der Waals surface area (Å²) in [6.07, 6.45) is 0. The van der Waals surface area contributed by atoms with Crippen LogP contribution < -0.4 is 5.73 Å². The van der Waals surface area contributed by atoms with Crippen molar-refractivity contribution in [3.63, 3.8) is 0 Å². The quantitative estimate of drug-likeness (QED) is 0.669. The molecule has 0 fully saturated rings. The van der Waals surface area contributed by atoms with Crippen molar-refractivity contribution >= 4 is 5.82 Å². The maximum Gasteiger partial charge on any atom is 0.165 e. The third-order valence-electron chi connectivity index (χ3n) is 1.90. The largest absolute Gasteiger partial charge is 0.381 e. The molecule has 3 heteroatoms. The Morgan fingerprint density at radius 3 is 2.38 bits per heavy atom. The number of hydrogen-bond donors (Lipinski definition) is 1. The highest BCUT2D eigenvalue weighted by molar-refractivity contribution is 5.37. The highest BCUT2D eigenvalue weighted by atomic mass is 19.1. The van der Waals surface area contributed by atoms with Crippen LogP contribution in [0.1, 0.15) is 32.0 Å². The Kier molecular flexibility index (Phi) is 2.28. The van der Waals surface area contributed by atoms with Gasteiger partial charge in [-0.05, 0) is 18.6 Å². The van der Waals surface area contributed by atoms with Gasteiger partial charge >= 0.3 is 0 Å². The van der Waals surface area contributed by atoms with Crippen LogP contribution in [0.4, 0.5) is 10.2 Å². The van der Waals surface area contributed by atoms with Gasteiger partial charge in [0.1, 0.15) is 0 Å². The summed E-state index contributed by atoms with van der Waals surface area (Å²) < 4.78 is 13.0. The summed E-state index contributed by atoms with van der Waals surface area (Å²) in [5.74, 6) is -0.457. The van der Waals surface area contributed by atoms with Gasteiger partial charge in [0.15, 0.2) is 11.6 Å². The zero-order chi connectivity index (χ0) is 10.2. The Hall–Kier alpha value is -1.12. The lowest BCUT2D eigenvalue weighted by Crippen LogP contribution is -2.17. The molecule has 2 N–H and O–H groups in total. The summed E-state index contributed by atoms with van der Waals surface area (Å²) in [6.45, 7) is 7.93. The lowest BCUT2D eigenvalue weighted by atomic mass is 9.89. The summed E-state index contributed by atoms with van der Waals surface area (Å²) in [4.78, 5) is 4.05. The number of aryl methyl sites for hydroxylation is 1. The Labute approximate surface area is 78.0 Å². The summed E-state index contributed by atoms with van der Waals surface area (Å²) in [5.41, 5.74) is 7.01. The van der Waals surface area contributed by atoms with Crippen LogP contribution in [0.2, 0.25) is 0 Å². The van der Waals surface area contributed by atoms with Gasteiger partial charge in [0.05, 0.1) is 5.69 Å². The lowest BCUT2D eigenvalue weighted by molar-refractivity contribution is 0.555. The van der Waals surface area contributed by atoms with Crippen molar-refractivity contribution in [1.82, 2.24) is 4.98 Å². The number of nitrogen functional groups attached to an aromatic ring is 1. The molecule has 1 aromatic rings. The number of anilines is 1. The number of pyridine rings is 1. The molecular weight excluding hydrogens is 167 g/mol. The first-order valence-corrected chi connectivity index (χ1v) is 4.25. The second-order valence-corrected chi connectivity index (χ2v) is 4.27. The molecule has 1 aromatic heterocycles. The number of halogens is 1. The predicted molar refractivity (Wildman–Crippen MR) is 52.0 cm³/mol. The van der Waals surface area contributed by atoms with E-state index in [2.05, 4.69) is 4.98 Å². The molecule has 0 spiro atoms. The van der Waals surface area contributed by atoms with Crippen LogP contribution >= 0.6 is 0 Å². The normalized spacial score (nSPS) is 11.8. The topological polar surface area (TPSA) is 38.9 Å². The fourth-order valence-corrected chi connectivity index (χ4v) is 1.35. The van der Waals surface area contributed by atoms with E-state index >= 15 is 0 Å². The van der Waals surface area contributed by atoms with Gasteiger partial charge in [-0.3, -0.25) is 0 Å². The molecule has 0 saturated carbocycles. The van der Waals surface area contributed by atoms with Crippen molar-refractivity contribution in [3.05, 3.63) is 23.1 Å². The van der Waals surface area contributed by atoms with Gasteiger partial charge in [0.2, 0.25) is 0 Å². The summed E-state index contributed by atoms with van der Waals surface area (Å²) >= 11 is 0. The molecule has 0 unspecified atom stereocenters. The van der Waals surface area contributed by atoms with Crippen molar-refractivity contribution in [1.29, 1.82) is 0 Å². The van der Waals surface area contributed by atoms with Crippen molar-refractivity contribution < 1.29 is 4.39 Å². The van der Waals surface area contributed by atoms with Gasteiger partial charge in [-0.2, -0.15) is 0 Å². The minimum Gasteiger partial charge on any atom is -0.381 e. The average molecular weight is 182 g/mol. The van der Waals surface area contributed by atoms with Gasteiger partial charge in [-0.1, -0.05) is 20.8 Å². The second-order valence-electron chi connectivity index (χ2n) is 4.27. The van der Waals surface area contributed by atoms with E-state index in [0.29, 0.717) is 0 Å². The minimum atomic E-state index is -0.439. The Morgan fingerprint density at radius 2 is 1.92 bits per heavy atom. The third-order valence-corrected chi connectivity index (χ3v) is 1.90. The van der Waals surface area contributed by atoms with Crippen LogP contribution in [0.25, 0.3) is 0 Å². The number of hydrogen-bond acceptors (Lipinski definition) is 2. The molecular formula is C10H15FN2. The van der Waals surface area contributed by atoms with Crippen LogP contribution in [0.3, 0.4) is 0 Å². The maximum atomic E-state index is 13.0. The van der Waals surface area contributed by atoms with Gasteiger partial charge in [-0.15, -0.1) is 0 Å². The first-order valence-electron chi connectivity index (χ1n) is 4.25. The van der Waals surface area contributed by atoms with Crippen molar-refractivity contribution in [2.75, 3.05) is 5.73 Å². The maximum absolute atomic E-state index is 13.0. The number of nitrogens with two attached hydrogens (primary N) is 1. The summed E-state index contributed by atoms with van der Waals surface area (Å²) in [7, 11) is 0. The Bertz CT molecular complexity index is 326. The standard InChI is InChI=1S/C10H15FN2/c1-6-5-7(11)9(12)13-8(6)10(2,3)4/h5H,1-4H3,(H2,12,13). The first kappa shape index (κ1) is 9.96. The SMILES string of the molecule is Cc1cc(F)c(N)nc1C(C)(C)C. The zero-order valence-electron chi connectivity index (χ0n) is 8.48. The van der Waals surface area contributed by atoms with E-state index < -0.39 is 5.82 Å². The summed E-state index contributed by atoms with van der Waals surface area (Å²) in [6, 6.07) is 1.43. The van der Waals surface area contributed by atoms with E-state index in [1.165, 1.54) is 6.07 Å². The molecule has 13 heavy (non-hydrogen) atoms. The molecule has 72 valence electrons. The van der Waals surface area contributed by atoms with Crippen molar-refractivity contribution in [3.8, 4) is 0 Å². The molecule has 0 aliphatic rings. The van der Waals surface area contributed by atoms with E-state index in [1.54, 1.807) is 0 Å². The van der Waals surface area contributed by atoms with E-state index in [0.717, 1.165) is 11.3 Å². The van der Waals surface area contributed by atoms with Crippen LogP contribution in [0.15, 0.2) is 6.07 Å². The van der Waals surface area contributed by atoms with Crippen LogP contribution in [0, 0.1) is 12.7 Å². The van der Waals surface area contributed by atoms with E-state index in [-0.39, 0.29) is 11.2 Å². The highest BCUT2D eigenvalue weighted by Gasteiger charge is 2.19. The second kappa shape index (κ2) is 2.98. The molecule has 0 radical (unpaired) electrons. The molecule has 0 atom stereocenters. The number of rotatable bonds is 0. The molecule has 0 amide bonds. The van der Waals surface area contributed by atoms with E-state index in [1.807, 2.05) is 27.7 Å². The van der Waals surface area contributed by atoms with Gasteiger partial charge < -0.3 is 5.73 Å². The fourth-order valence-electron chi connectivity index (χ4n) is 1.35. The molecule has 0 aliphatic carbocycles. The van der Waals surface area contributed by atoms with Gasteiger partial charge in [-0.25, -0.2) is 9.37 Å². The van der Waals surface area contributed by atoms with Gasteiger partial charge in [0.25, 0.3) is 0 Å². The van der Waals surface area contributed by atoms with E-state index in [4.69, 9.17) is 5.73 Å². The number of nitrogens with zero attached hydrogens (tertiary/aromatic N) is 1. The van der Waals surface area contributed by atoms with Crippen molar-refractivity contribution in [2.24, 2.45) is 0 Å². The molecule has 2 nitrogen and oxygen atoms in total. The van der Waals surface area contributed by atoms with Gasteiger partial charge in [0, 0.05) is 5.41 Å². The van der Waals surface area contributed by atoms with Crippen LogP contribution in [-0.2, 0) is 5.41 Å². The predicted octanol–water partition coefficient (Wildman–Crippen LogP) is 2.41. The smallest absolute Gasteiger partial charge is 0.165 e. The highest BCUT2D eigenvalue weighted by Crippen LogP contribution is 2.25. The van der Waals surface area contributed by atoms with Crippen LogP contribution in [0.5, 0.6) is 0 Å². The minimum absolute atomic E-state index is 0.0180. The van der Waals surface area contributed by atoms with E-state index in [9.17, 15) is 4.39 Å². The number of aromatic nitrogens is 1. The Morgan fingerprint density at radius 1 is 1.38 bits per heavy atom. The monoisotopic (exact) mass is 182 g/mol. The average Bonchev–Trinajstić information content (AvgIpc) is 1.94. The molecule has 1 rings (SSSR count). The zero-order valence-corrected chi connectivity index (χ0v) is 8.48. The van der Waals surface area contributed by atoms with Crippen molar-refractivity contribution in [2.45, 2.75) is 33.1 Å². The molecule has 0 aliphatic heterocycles. The molecule has 0 bridgehead atoms. The van der Waals surface area contributed by atoms with Crippen LogP contribution in [-0.4, -0.2) is 4.98 Å². The Balaban J connectivity index is 3.32. The fraction of sp³-hybridized carbons (Fsp3) is 0.500. The lowest BCUT2D eigenvalue weighted by Gasteiger charge is -2.20. The first-order chi connectivity index (χ1) is 5.82. The third kappa shape index (κ3) is 1.97.